The predicted molar refractivity (Wildman–Crippen MR) is 140 cm³/mol. The quantitative estimate of drug-likeness (QED) is 0.405. The van der Waals surface area contributed by atoms with Crippen molar-refractivity contribution in [1.82, 2.24) is 25.5 Å². The van der Waals surface area contributed by atoms with E-state index in [1.54, 1.807) is 59.1 Å². The summed E-state index contributed by atoms with van der Waals surface area (Å²) in [5.74, 6) is -1.29. The van der Waals surface area contributed by atoms with Crippen molar-refractivity contribution in [2.75, 3.05) is 13.2 Å². The number of alkyl carbamates (subject to hydrolysis) is 1. The van der Waals surface area contributed by atoms with E-state index in [9.17, 15) is 24.6 Å². The van der Waals surface area contributed by atoms with Crippen molar-refractivity contribution in [2.45, 2.75) is 70.9 Å². The van der Waals surface area contributed by atoms with Crippen LogP contribution in [-0.4, -0.2) is 79.9 Å². The topological polar surface area (TPSA) is 154 Å². The van der Waals surface area contributed by atoms with Crippen LogP contribution < -0.4 is 10.6 Å². The molecule has 0 unspecified atom stereocenters. The Morgan fingerprint density at radius 1 is 1.08 bits per heavy atom. The lowest BCUT2D eigenvalue weighted by molar-refractivity contribution is -0.141. The van der Waals surface area contributed by atoms with Gasteiger partial charge in [0, 0.05) is 30.9 Å². The first-order chi connectivity index (χ1) is 17.9. The van der Waals surface area contributed by atoms with Crippen LogP contribution in [0.2, 0.25) is 0 Å². The van der Waals surface area contributed by atoms with Crippen molar-refractivity contribution in [3.05, 3.63) is 48.5 Å². The highest BCUT2D eigenvalue weighted by Crippen LogP contribution is 2.24. The molecule has 4 N–H and O–H groups in total. The molecule has 0 radical (unpaired) electrons. The Morgan fingerprint density at radius 2 is 1.71 bits per heavy atom. The van der Waals surface area contributed by atoms with Crippen molar-refractivity contribution in [1.29, 1.82) is 0 Å². The number of carbonyl (C=O) groups excluding carboxylic acids is 3. The zero-order valence-electron chi connectivity index (χ0n) is 22.4. The molecule has 206 valence electrons. The van der Waals surface area contributed by atoms with E-state index in [4.69, 9.17) is 4.74 Å². The van der Waals surface area contributed by atoms with Gasteiger partial charge < -0.3 is 30.5 Å². The minimum atomic E-state index is -0.964. The number of nitrogens with one attached hydrogen (secondary N) is 2. The zero-order chi connectivity index (χ0) is 28.0. The third-order valence-corrected chi connectivity index (χ3v) is 6.18. The van der Waals surface area contributed by atoms with Crippen LogP contribution >= 0.6 is 0 Å². The van der Waals surface area contributed by atoms with E-state index < -0.39 is 47.7 Å². The molecule has 0 saturated carbocycles. The van der Waals surface area contributed by atoms with E-state index in [1.807, 2.05) is 12.1 Å². The second-order valence-electron chi connectivity index (χ2n) is 10.8. The largest absolute Gasteiger partial charge is 0.444 e. The molecule has 2 aromatic rings. The molecule has 3 rings (SSSR count). The maximum absolute atomic E-state index is 13.5. The summed E-state index contributed by atoms with van der Waals surface area (Å²) in [6.45, 7) is 8.29. The Hall–Kier alpha value is -3.57. The van der Waals surface area contributed by atoms with Crippen molar-refractivity contribution >= 4 is 17.9 Å². The van der Waals surface area contributed by atoms with Crippen molar-refractivity contribution in [2.24, 2.45) is 5.92 Å². The molecular weight excluding hydrogens is 490 g/mol. The van der Waals surface area contributed by atoms with Gasteiger partial charge in [-0.1, -0.05) is 38.1 Å². The Balaban J connectivity index is 1.72. The van der Waals surface area contributed by atoms with Gasteiger partial charge in [-0.05, 0) is 37.8 Å². The van der Waals surface area contributed by atoms with E-state index in [-0.39, 0.29) is 25.5 Å². The Kier molecular flexibility index (Phi) is 9.40. The van der Waals surface area contributed by atoms with Crippen LogP contribution in [0.4, 0.5) is 4.79 Å². The number of ether oxygens (including phenoxy) is 1. The van der Waals surface area contributed by atoms with Crippen LogP contribution in [0, 0.1) is 5.92 Å². The zero-order valence-corrected chi connectivity index (χ0v) is 22.4. The van der Waals surface area contributed by atoms with Gasteiger partial charge in [-0.25, -0.2) is 14.8 Å². The van der Waals surface area contributed by atoms with Gasteiger partial charge in [-0.2, -0.15) is 0 Å². The van der Waals surface area contributed by atoms with Crippen LogP contribution in [0.1, 0.15) is 52.6 Å². The van der Waals surface area contributed by atoms with E-state index >= 15 is 0 Å². The third kappa shape index (κ3) is 7.48. The molecule has 1 saturated heterocycles. The number of benzene rings is 1. The molecule has 3 amide bonds. The lowest BCUT2D eigenvalue weighted by Gasteiger charge is -2.31. The van der Waals surface area contributed by atoms with Crippen LogP contribution in [-0.2, 0) is 14.3 Å². The summed E-state index contributed by atoms with van der Waals surface area (Å²) in [6.07, 6.45) is 3.22. The Labute approximate surface area is 222 Å². The number of β-amino-alcohol motifs (C(OH)–C–C–N with tert-alkyl or cyclic N) is 1. The van der Waals surface area contributed by atoms with Gasteiger partial charge in [0.25, 0.3) is 0 Å². The standard InChI is InChI=1S/C27H37N5O6/c1-16(2)23(31-26(37)38-27(3,4)5)25(36)32-13-20(34)10-22(32)24(35)30-21(14-33)18-8-6-17(7-9-18)19-11-28-15-29-12-19/h6-9,11-12,15-16,20-23,33-34H,10,13-14H2,1-5H3,(H,30,35)(H,31,37)/t20-,21+,22+,23+/m1/s1. The summed E-state index contributed by atoms with van der Waals surface area (Å²) in [4.78, 5) is 48.4. The molecule has 1 aliphatic rings. The number of aliphatic hydroxyl groups is 2. The summed E-state index contributed by atoms with van der Waals surface area (Å²) in [5, 5.41) is 25.7. The number of amides is 3. The number of likely N-dealkylation sites (tertiary alicyclic amines) is 1. The summed E-state index contributed by atoms with van der Waals surface area (Å²) >= 11 is 0. The lowest BCUT2D eigenvalue weighted by Crippen LogP contribution is -2.56. The second-order valence-corrected chi connectivity index (χ2v) is 10.8. The van der Waals surface area contributed by atoms with Crippen LogP contribution in [0.25, 0.3) is 11.1 Å². The first-order valence-corrected chi connectivity index (χ1v) is 12.6. The number of aliphatic hydroxyl groups excluding tert-OH is 2. The van der Waals surface area contributed by atoms with Gasteiger partial charge >= 0.3 is 6.09 Å². The normalized spacial score (nSPS) is 19.1. The second kappa shape index (κ2) is 12.3. The molecular formula is C27H37N5O6. The first kappa shape index (κ1) is 29.0. The van der Waals surface area contributed by atoms with E-state index in [1.165, 1.54) is 11.2 Å². The number of hydrogen-bond acceptors (Lipinski definition) is 8. The molecule has 11 heteroatoms. The number of aromatic nitrogens is 2. The lowest BCUT2D eigenvalue weighted by atomic mass is 10.0. The van der Waals surface area contributed by atoms with Gasteiger partial charge in [0.05, 0.1) is 18.8 Å². The van der Waals surface area contributed by atoms with Crippen LogP contribution in [0.15, 0.2) is 43.0 Å². The van der Waals surface area contributed by atoms with Crippen molar-refractivity contribution < 1.29 is 29.3 Å². The molecule has 0 spiro atoms. The summed E-state index contributed by atoms with van der Waals surface area (Å²) in [7, 11) is 0. The monoisotopic (exact) mass is 527 g/mol. The fourth-order valence-electron chi connectivity index (χ4n) is 4.29. The average molecular weight is 528 g/mol. The van der Waals surface area contributed by atoms with Crippen LogP contribution in [0.5, 0.6) is 0 Å². The fraction of sp³-hybridized carbons (Fsp3) is 0.519. The first-order valence-electron chi connectivity index (χ1n) is 12.6. The van der Waals surface area contributed by atoms with Gasteiger partial charge in [0.1, 0.15) is 24.0 Å². The molecule has 38 heavy (non-hydrogen) atoms. The van der Waals surface area contributed by atoms with Gasteiger partial charge in [-0.3, -0.25) is 9.59 Å². The molecule has 2 heterocycles. The highest BCUT2D eigenvalue weighted by Gasteiger charge is 2.43. The predicted octanol–water partition coefficient (Wildman–Crippen LogP) is 1.80. The van der Waals surface area contributed by atoms with Crippen molar-refractivity contribution in [3.63, 3.8) is 0 Å². The van der Waals surface area contributed by atoms with Gasteiger partial charge in [0.15, 0.2) is 0 Å². The molecule has 0 bridgehead atoms. The molecule has 11 nitrogen and oxygen atoms in total. The third-order valence-electron chi connectivity index (χ3n) is 6.18. The Bertz CT molecular complexity index is 1100. The molecule has 4 atom stereocenters. The van der Waals surface area contributed by atoms with Gasteiger partial charge in [0.2, 0.25) is 11.8 Å². The number of nitrogens with zero attached hydrogens (tertiary/aromatic N) is 3. The SMILES string of the molecule is CC(C)[C@H](NC(=O)OC(C)(C)C)C(=O)N1C[C@H](O)C[C@H]1C(=O)N[C@@H](CO)c1ccc(-c2cncnc2)cc1. The summed E-state index contributed by atoms with van der Waals surface area (Å²) in [5.41, 5.74) is 1.64. The molecule has 1 aromatic carbocycles. The maximum Gasteiger partial charge on any atom is 0.408 e. The van der Waals surface area contributed by atoms with E-state index in [0.29, 0.717) is 5.56 Å². The maximum atomic E-state index is 13.5. The van der Waals surface area contributed by atoms with E-state index in [0.717, 1.165) is 11.1 Å². The van der Waals surface area contributed by atoms with Gasteiger partial charge in [-0.15, -0.1) is 0 Å². The average Bonchev–Trinajstić information content (AvgIpc) is 3.26. The fourth-order valence-corrected chi connectivity index (χ4v) is 4.29. The summed E-state index contributed by atoms with van der Waals surface area (Å²) in [6, 6.07) is 4.62. The molecule has 0 aliphatic carbocycles. The highest BCUT2D eigenvalue weighted by molar-refractivity contribution is 5.92. The minimum absolute atomic E-state index is 0.0416. The highest BCUT2D eigenvalue weighted by atomic mass is 16.6. The van der Waals surface area contributed by atoms with Crippen LogP contribution in [0.3, 0.4) is 0 Å². The number of hydrogen-bond donors (Lipinski definition) is 4. The minimum Gasteiger partial charge on any atom is -0.444 e. The van der Waals surface area contributed by atoms with E-state index in [2.05, 4.69) is 20.6 Å². The molecule has 1 aliphatic heterocycles. The molecule has 1 aromatic heterocycles. The molecule has 1 fully saturated rings. The summed E-state index contributed by atoms with van der Waals surface area (Å²) < 4.78 is 5.30. The van der Waals surface area contributed by atoms with Crippen molar-refractivity contribution in [3.8, 4) is 11.1 Å². The smallest absolute Gasteiger partial charge is 0.408 e. The number of rotatable bonds is 8. The number of carbonyl (C=O) groups is 3. The Morgan fingerprint density at radius 3 is 2.26 bits per heavy atom.